The number of para-hydroxylation sites is 1. The van der Waals surface area contributed by atoms with Crippen molar-refractivity contribution in [2.24, 2.45) is 0 Å². The molecule has 0 radical (unpaired) electrons. The quantitative estimate of drug-likeness (QED) is 0.544. The number of hydrogen-bond acceptors (Lipinski definition) is 1. The molecule has 0 spiro atoms. The number of nitrogens with zero attached hydrogens (tertiary/aromatic N) is 1. The molecule has 142 valence electrons. The van der Waals surface area contributed by atoms with Crippen LogP contribution in [0.3, 0.4) is 0 Å². The van der Waals surface area contributed by atoms with E-state index in [1.165, 1.54) is 12.1 Å². The molecule has 1 unspecified atom stereocenters. The van der Waals surface area contributed by atoms with E-state index in [0.29, 0.717) is 13.0 Å². The fourth-order valence-corrected chi connectivity index (χ4v) is 3.58. The van der Waals surface area contributed by atoms with Crippen molar-refractivity contribution in [2.75, 3.05) is 6.54 Å². The number of unbranched alkanes of at least 4 members (excludes halogenated alkanes) is 1. The van der Waals surface area contributed by atoms with E-state index in [4.69, 9.17) is 0 Å². The number of amides is 1. The lowest BCUT2D eigenvalue weighted by Gasteiger charge is -2.17. The van der Waals surface area contributed by atoms with Crippen LogP contribution >= 0.6 is 0 Å². The van der Waals surface area contributed by atoms with Crippen LogP contribution in [-0.2, 0) is 11.3 Å². The Morgan fingerprint density at radius 2 is 1.85 bits per heavy atom. The van der Waals surface area contributed by atoms with Gasteiger partial charge in [0.1, 0.15) is 5.82 Å². The smallest absolute Gasteiger partial charge is 0.220 e. The van der Waals surface area contributed by atoms with Crippen LogP contribution in [0.15, 0.2) is 54.7 Å². The average molecular weight is 366 g/mol. The molecule has 1 N–H and O–H groups in total. The fraction of sp³-hybridized carbons (Fsp3) is 0.348. The summed E-state index contributed by atoms with van der Waals surface area (Å²) in [4.78, 5) is 12.6. The van der Waals surface area contributed by atoms with Gasteiger partial charge in [0.2, 0.25) is 5.91 Å². The monoisotopic (exact) mass is 366 g/mol. The lowest BCUT2D eigenvalue weighted by Crippen LogP contribution is -2.26. The summed E-state index contributed by atoms with van der Waals surface area (Å²) in [5.41, 5.74) is 3.24. The van der Waals surface area contributed by atoms with Gasteiger partial charge in [0.05, 0.1) is 0 Å². The number of benzene rings is 2. The molecule has 0 aliphatic carbocycles. The first kappa shape index (κ1) is 19.2. The number of halogens is 1. The molecule has 0 fully saturated rings. The van der Waals surface area contributed by atoms with Crippen LogP contribution in [0.4, 0.5) is 4.39 Å². The molecule has 1 amide bonds. The zero-order chi connectivity index (χ0) is 19.2. The van der Waals surface area contributed by atoms with E-state index in [9.17, 15) is 9.18 Å². The topological polar surface area (TPSA) is 34.0 Å². The summed E-state index contributed by atoms with van der Waals surface area (Å²) >= 11 is 0. The third-order valence-corrected chi connectivity index (χ3v) is 5.05. The van der Waals surface area contributed by atoms with E-state index in [2.05, 4.69) is 42.1 Å². The van der Waals surface area contributed by atoms with E-state index in [1.807, 2.05) is 12.1 Å². The van der Waals surface area contributed by atoms with Gasteiger partial charge >= 0.3 is 0 Å². The number of aromatic nitrogens is 1. The lowest BCUT2D eigenvalue weighted by atomic mass is 9.88. The zero-order valence-corrected chi connectivity index (χ0v) is 16.0. The highest BCUT2D eigenvalue weighted by Gasteiger charge is 2.22. The normalized spacial score (nSPS) is 12.3. The molecule has 0 aliphatic heterocycles. The van der Waals surface area contributed by atoms with E-state index < -0.39 is 0 Å². The van der Waals surface area contributed by atoms with Gasteiger partial charge < -0.3 is 9.88 Å². The third-order valence-electron chi connectivity index (χ3n) is 5.05. The minimum atomic E-state index is -0.263. The first-order valence-corrected chi connectivity index (χ1v) is 9.74. The second-order valence-corrected chi connectivity index (χ2v) is 6.90. The summed E-state index contributed by atoms with van der Waals surface area (Å²) in [5.74, 6) is -0.336. The molecule has 3 rings (SSSR count). The molecule has 1 heterocycles. The third kappa shape index (κ3) is 4.38. The number of aryl methyl sites for hydroxylation is 1. The van der Waals surface area contributed by atoms with Gasteiger partial charge in [-0.25, -0.2) is 4.39 Å². The second kappa shape index (κ2) is 8.85. The van der Waals surface area contributed by atoms with Gasteiger partial charge in [-0.1, -0.05) is 43.7 Å². The predicted molar refractivity (Wildman–Crippen MR) is 108 cm³/mol. The summed E-state index contributed by atoms with van der Waals surface area (Å²) < 4.78 is 15.7. The van der Waals surface area contributed by atoms with Crippen molar-refractivity contribution < 1.29 is 9.18 Å². The van der Waals surface area contributed by atoms with Gasteiger partial charge in [0.15, 0.2) is 0 Å². The number of hydrogen-bond donors (Lipinski definition) is 1. The SMILES string of the molecule is CCCCNC(=O)CC(c1ccc(F)cc1)c1cn(CC)c2ccccc12. The maximum atomic E-state index is 13.4. The highest BCUT2D eigenvalue weighted by Crippen LogP contribution is 2.34. The van der Waals surface area contributed by atoms with Crippen LogP contribution in [0.2, 0.25) is 0 Å². The Bertz CT molecular complexity index is 898. The first-order valence-electron chi connectivity index (χ1n) is 9.74. The Morgan fingerprint density at radius 3 is 2.56 bits per heavy atom. The van der Waals surface area contributed by atoms with Crippen LogP contribution in [0.1, 0.15) is 50.2 Å². The predicted octanol–water partition coefficient (Wildman–Crippen LogP) is 5.24. The molecule has 0 aliphatic rings. The number of fused-ring (bicyclic) bond motifs is 1. The molecule has 0 bridgehead atoms. The Labute approximate surface area is 160 Å². The van der Waals surface area contributed by atoms with Crippen molar-refractivity contribution in [3.05, 3.63) is 71.7 Å². The molecule has 0 saturated carbocycles. The van der Waals surface area contributed by atoms with E-state index in [1.54, 1.807) is 12.1 Å². The van der Waals surface area contributed by atoms with Crippen molar-refractivity contribution in [1.82, 2.24) is 9.88 Å². The van der Waals surface area contributed by atoms with Crippen molar-refractivity contribution >= 4 is 16.8 Å². The standard InChI is InChI=1S/C23H27FN2O/c1-3-5-14-25-23(27)15-20(17-10-12-18(24)13-11-17)21-16-26(4-2)22-9-7-6-8-19(21)22/h6-13,16,20H,3-5,14-15H2,1-2H3,(H,25,27). The van der Waals surface area contributed by atoms with Crippen LogP contribution in [0, 0.1) is 5.82 Å². The van der Waals surface area contributed by atoms with Crippen molar-refractivity contribution in [3.8, 4) is 0 Å². The van der Waals surface area contributed by atoms with Crippen molar-refractivity contribution in [1.29, 1.82) is 0 Å². The number of carbonyl (C=O) groups excluding carboxylic acids is 1. The Kier molecular flexibility index (Phi) is 6.28. The van der Waals surface area contributed by atoms with Crippen LogP contribution in [0.25, 0.3) is 10.9 Å². The first-order chi connectivity index (χ1) is 13.1. The number of carbonyl (C=O) groups is 1. The lowest BCUT2D eigenvalue weighted by molar-refractivity contribution is -0.121. The van der Waals surface area contributed by atoms with E-state index in [-0.39, 0.29) is 17.6 Å². The molecule has 1 aromatic heterocycles. The highest BCUT2D eigenvalue weighted by atomic mass is 19.1. The van der Waals surface area contributed by atoms with Gasteiger partial charge in [-0.05, 0) is 42.7 Å². The van der Waals surface area contributed by atoms with Gasteiger partial charge in [0, 0.05) is 42.5 Å². The van der Waals surface area contributed by atoms with Crippen molar-refractivity contribution in [2.45, 2.75) is 45.6 Å². The second-order valence-electron chi connectivity index (χ2n) is 6.90. The molecule has 1 atom stereocenters. The maximum Gasteiger partial charge on any atom is 0.220 e. The van der Waals surface area contributed by atoms with Gasteiger partial charge in [0.25, 0.3) is 0 Å². The Balaban J connectivity index is 1.99. The average Bonchev–Trinajstić information content (AvgIpc) is 3.06. The summed E-state index contributed by atoms with van der Waals surface area (Å²) in [5, 5.41) is 4.16. The molecule has 3 nitrogen and oxygen atoms in total. The van der Waals surface area contributed by atoms with Gasteiger partial charge in [-0.3, -0.25) is 4.79 Å². The molecule has 27 heavy (non-hydrogen) atoms. The number of rotatable bonds is 8. The highest BCUT2D eigenvalue weighted by molar-refractivity contribution is 5.86. The molecule has 0 saturated heterocycles. The molecule has 2 aromatic carbocycles. The number of nitrogens with one attached hydrogen (secondary N) is 1. The van der Waals surface area contributed by atoms with Crippen LogP contribution < -0.4 is 5.32 Å². The largest absolute Gasteiger partial charge is 0.356 e. The molecular formula is C23H27FN2O. The van der Waals surface area contributed by atoms with E-state index in [0.717, 1.165) is 41.4 Å². The maximum absolute atomic E-state index is 13.4. The van der Waals surface area contributed by atoms with Crippen molar-refractivity contribution in [3.63, 3.8) is 0 Å². The molecule has 4 heteroatoms. The molecular weight excluding hydrogens is 339 g/mol. The summed E-state index contributed by atoms with van der Waals surface area (Å²) in [7, 11) is 0. The summed E-state index contributed by atoms with van der Waals surface area (Å²) in [6.07, 6.45) is 4.51. The molecule has 3 aromatic rings. The summed E-state index contributed by atoms with van der Waals surface area (Å²) in [6, 6.07) is 14.8. The van der Waals surface area contributed by atoms with Crippen LogP contribution in [-0.4, -0.2) is 17.0 Å². The minimum Gasteiger partial charge on any atom is -0.356 e. The van der Waals surface area contributed by atoms with E-state index >= 15 is 0 Å². The fourth-order valence-electron chi connectivity index (χ4n) is 3.58. The summed E-state index contributed by atoms with van der Waals surface area (Å²) in [6.45, 7) is 5.77. The zero-order valence-electron chi connectivity index (χ0n) is 16.0. The van der Waals surface area contributed by atoms with Crippen LogP contribution in [0.5, 0.6) is 0 Å². The Morgan fingerprint density at radius 1 is 1.11 bits per heavy atom. The Hall–Kier alpha value is -2.62. The van der Waals surface area contributed by atoms with Gasteiger partial charge in [-0.15, -0.1) is 0 Å². The minimum absolute atomic E-state index is 0.0334. The van der Waals surface area contributed by atoms with Gasteiger partial charge in [-0.2, -0.15) is 0 Å².